The van der Waals surface area contributed by atoms with E-state index in [9.17, 15) is 14.7 Å². The molecule has 7 nitrogen and oxygen atoms in total. The second-order valence-corrected chi connectivity index (χ2v) is 7.13. The summed E-state index contributed by atoms with van der Waals surface area (Å²) in [6.45, 7) is 6.43. The van der Waals surface area contributed by atoms with Crippen molar-refractivity contribution < 1.29 is 19.4 Å². The molecule has 0 spiro atoms. The van der Waals surface area contributed by atoms with Gasteiger partial charge in [-0.1, -0.05) is 25.2 Å². The summed E-state index contributed by atoms with van der Waals surface area (Å²) in [6.07, 6.45) is 0. The molecular formula is C13H19N3O4S. The smallest absolute Gasteiger partial charge is 0.308 e. The van der Waals surface area contributed by atoms with Crippen LogP contribution in [0.5, 0.6) is 0 Å². The van der Waals surface area contributed by atoms with Gasteiger partial charge >= 0.3 is 5.97 Å². The van der Waals surface area contributed by atoms with Gasteiger partial charge in [0.15, 0.2) is 0 Å². The number of hydrogen-bond donors (Lipinski definition) is 1. The summed E-state index contributed by atoms with van der Waals surface area (Å²) in [5.74, 6) is -1.58. The minimum Gasteiger partial charge on any atom is -0.481 e. The van der Waals surface area contributed by atoms with E-state index in [2.05, 4.69) is 10.2 Å². The largest absolute Gasteiger partial charge is 0.481 e. The summed E-state index contributed by atoms with van der Waals surface area (Å²) in [7, 11) is 0. The van der Waals surface area contributed by atoms with Crippen LogP contribution in [0.1, 0.15) is 23.9 Å². The topological polar surface area (TPSA) is 92.6 Å². The molecule has 0 saturated carbocycles. The zero-order chi connectivity index (χ0) is 15.6. The zero-order valence-corrected chi connectivity index (χ0v) is 13.1. The predicted molar refractivity (Wildman–Crippen MR) is 75.8 cm³/mol. The lowest BCUT2D eigenvalue weighted by molar-refractivity contribution is -0.144. The van der Waals surface area contributed by atoms with Crippen molar-refractivity contribution in [3.05, 3.63) is 10.0 Å². The number of nitrogens with zero attached hydrogens (tertiary/aromatic N) is 3. The molecule has 1 aromatic rings. The van der Waals surface area contributed by atoms with Gasteiger partial charge in [0.2, 0.25) is 5.91 Å². The average molecular weight is 313 g/mol. The van der Waals surface area contributed by atoms with E-state index < -0.39 is 17.3 Å². The van der Waals surface area contributed by atoms with Gasteiger partial charge in [-0.3, -0.25) is 9.59 Å². The molecule has 1 N–H and O–H groups in total. The van der Waals surface area contributed by atoms with E-state index in [0.717, 1.165) is 10.0 Å². The van der Waals surface area contributed by atoms with Gasteiger partial charge in [0, 0.05) is 13.1 Å². The number of carbonyl (C=O) groups excluding carboxylic acids is 1. The minimum absolute atomic E-state index is 0.0684. The molecule has 0 aliphatic carbocycles. The van der Waals surface area contributed by atoms with E-state index in [-0.39, 0.29) is 25.7 Å². The maximum atomic E-state index is 12.1. The number of carbonyl (C=O) groups is 2. The van der Waals surface area contributed by atoms with E-state index in [0.29, 0.717) is 6.54 Å². The molecule has 1 aliphatic heterocycles. The number of rotatable bonds is 5. The lowest BCUT2D eigenvalue weighted by atomic mass is 9.82. The van der Waals surface area contributed by atoms with E-state index in [4.69, 9.17) is 4.74 Å². The van der Waals surface area contributed by atoms with Crippen molar-refractivity contribution in [2.75, 3.05) is 19.7 Å². The molecule has 116 valence electrons. The van der Waals surface area contributed by atoms with Crippen LogP contribution >= 0.6 is 11.3 Å². The molecule has 2 rings (SSSR count). The molecule has 1 fully saturated rings. The van der Waals surface area contributed by atoms with Crippen molar-refractivity contribution in [2.45, 2.75) is 27.4 Å². The van der Waals surface area contributed by atoms with Crippen molar-refractivity contribution in [1.29, 1.82) is 0 Å². The molecule has 8 heteroatoms. The number of aromatic nitrogens is 2. The van der Waals surface area contributed by atoms with Gasteiger partial charge < -0.3 is 14.7 Å². The first-order valence-corrected chi connectivity index (χ1v) is 7.48. The third-order valence-electron chi connectivity index (χ3n) is 3.61. The van der Waals surface area contributed by atoms with Gasteiger partial charge in [-0.2, -0.15) is 0 Å². The Kier molecular flexibility index (Phi) is 4.58. The molecule has 0 aromatic carbocycles. The molecule has 21 heavy (non-hydrogen) atoms. The highest BCUT2D eigenvalue weighted by atomic mass is 32.1. The fourth-order valence-corrected chi connectivity index (χ4v) is 3.10. The highest BCUT2D eigenvalue weighted by Crippen LogP contribution is 2.35. The quantitative estimate of drug-likeness (QED) is 0.869. The van der Waals surface area contributed by atoms with Crippen LogP contribution in [0.3, 0.4) is 0 Å². The second-order valence-electron chi connectivity index (χ2n) is 5.86. The second kappa shape index (κ2) is 6.07. The van der Waals surface area contributed by atoms with Gasteiger partial charge in [0.05, 0.1) is 5.92 Å². The maximum absolute atomic E-state index is 12.1. The van der Waals surface area contributed by atoms with Crippen molar-refractivity contribution in [3.8, 4) is 0 Å². The molecular weight excluding hydrogens is 294 g/mol. The van der Waals surface area contributed by atoms with Gasteiger partial charge in [-0.15, -0.1) is 10.2 Å². The third-order valence-corrected chi connectivity index (χ3v) is 4.43. The number of amides is 1. The van der Waals surface area contributed by atoms with E-state index in [1.807, 2.05) is 20.8 Å². The SMILES string of the molecule is Cc1nnc(COCC(=O)N2CC(C(=O)O)C(C)(C)C2)s1. The first kappa shape index (κ1) is 15.8. The first-order valence-electron chi connectivity index (χ1n) is 6.67. The summed E-state index contributed by atoms with van der Waals surface area (Å²) >= 11 is 1.43. The van der Waals surface area contributed by atoms with Gasteiger partial charge in [-0.05, 0) is 12.3 Å². The number of aliphatic carboxylic acids is 1. The molecule has 1 atom stereocenters. The molecule has 0 radical (unpaired) electrons. The summed E-state index contributed by atoms with van der Waals surface area (Å²) in [5, 5.41) is 18.5. The average Bonchev–Trinajstić information content (AvgIpc) is 2.92. The number of aryl methyl sites for hydroxylation is 1. The Morgan fingerprint density at radius 3 is 2.71 bits per heavy atom. The van der Waals surface area contributed by atoms with E-state index in [1.54, 1.807) is 4.90 Å². The molecule has 0 bridgehead atoms. The monoisotopic (exact) mass is 313 g/mol. The summed E-state index contributed by atoms with van der Waals surface area (Å²) < 4.78 is 5.34. The Hall–Kier alpha value is -1.54. The Bertz CT molecular complexity index is 543. The number of likely N-dealkylation sites (tertiary alicyclic amines) is 1. The Morgan fingerprint density at radius 1 is 1.48 bits per heavy atom. The lowest BCUT2D eigenvalue weighted by Gasteiger charge is -2.21. The molecule has 1 aromatic heterocycles. The molecule has 1 amide bonds. The third kappa shape index (κ3) is 3.76. The highest BCUT2D eigenvalue weighted by Gasteiger charge is 2.45. The van der Waals surface area contributed by atoms with E-state index in [1.165, 1.54) is 11.3 Å². The highest BCUT2D eigenvalue weighted by molar-refractivity contribution is 7.11. The summed E-state index contributed by atoms with van der Waals surface area (Å²) in [5.41, 5.74) is -0.419. The Balaban J connectivity index is 1.83. The normalized spacial score (nSPS) is 20.7. The van der Waals surface area contributed by atoms with Crippen LogP contribution in [-0.4, -0.2) is 51.8 Å². The van der Waals surface area contributed by atoms with E-state index >= 15 is 0 Å². The Labute approximate surface area is 126 Å². The molecule has 1 aliphatic rings. The van der Waals surface area contributed by atoms with Crippen LogP contribution in [0, 0.1) is 18.3 Å². The van der Waals surface area contributed by atoms with Crippen molar-refractivity contribution in [1.82, 2.24) is 15.1 Å². The molecule has 1 unspecified atom stereocenters. The van der Waals surface area contributed by atoms with Crippen LogP contribution in [0.25, 0.3) is 0 Å². The van der Waals surface area contributed by atoms with Crippen LogP contribution in [-0.2, 0) is 20.9 Å². The number of hydrogen-bond acceptors (Lipinski definition) is 6. The summed E-state index contributed by atoms with van der Waals surface area (Å²) in [4.78, 5) is 24.8. The van der Waals surface area contributed by atoms with Gasteiger partial charge in [0.25, 0.3) is 0 Å². The van der Waals surface area contributed by atoms with Crippen molar-refractivity contribution >= 4 is 23.2 Å². The summed E-state index contributed by atoms with van der Waals surface area (Å²) in [6, 6.07) is 0. The van der Waals surface area contributed by atoms with Gasteiger partial charge in [0.1, 0.15) is 23.2 Å². The lowest BCUT2D eigenvalue weighted by Crippen LogP contribution is -2.33. The molecule has 2 heterocycles. The number of carboxylic acids is 1. The predicted octanol–water partition coefficient (Wildman–Crippen LogP) is 0.932. The van der Waals surface area contributed by atoms with Crippen LogP contribution in [0.4, 0.5) is 0 Å². The zero-order valence-electron chi connectivity index (χ0n) is 12.3. The first-order chi connectivity index (χ1) is 9.79. The number of carboxylic acid groups (broad SMARTS) is 1. The van der Waals surface area contributed by atoms with Crippen LogP contribution in [0.15, 0.2) is 0 Å². The molecule has 1 saturated heterocycles. The van der Waals surface area contributed by atoms with Crippen molar-refractivity contribution in [3.63, 3.8) is 0 Å². The Morgan fingerprint density at radius 2 is 2.19 bits per heavy atom. The number of ether oxygens (including phenoxy) is 1. The van der Waals surface area contributed by atoms with Gasteiger partial charge in [-0.25, -0.2) is 0 Å². The maximum Gasteiger partial charge on any atom is 0.308 e. The standard InChI is InChI=1S/C13H19N3O4S/c1-8-14-15-10(21-8)5-20-6-11(17)16-4-9(12(18)19)13(2,3)7-16/h9H,4-7H2,1-3H3,(H,18,19). The fraction of sp³-hybridized carbons (Fsp3) is 0.692. The van der Waals surface area contributed by atoms with Crippen molar-refractivity contribution in [2.24, 2.45) is 11.3 Å². The van der Waals surface area contributed by atoms with Crippen LogP contribution in [0.2, 0.25) is 0 Å². The van der Waals surface area contributed by atoms with Crippen LogP contribution < -0.4 is 0 Å². The minimum atomic E-state index is -0.861. The fourth-order valence-electron chi connectivity index (χ4n) is 2.45.